The van der Waals surface area contributed by atoms with E-state index in [-0.39, 0.29) is 17.2 Å². The van der Waals surface area contributed by atoms with E-state index < -0.39 is 20.0 Å². The van der Waals surface area contributed by atoms with Crippen LogP contribution in [0.3, 0.4) is 0 Å². The minimum absolute atomic E-state index is 0.117. The lowest BCUT2D eigenvalue weighted by molar-refractivity contribution is 0.346. The largest absolute Gasteiger partial charge is 0.240 e. The number of sulfonamides is 2. The van der Waals surface area contributed by atoms with E-state index in [0.717, 1.165) is 24.8 Å². The van der Waals surface area contributed by atoms with Gasteiger partial charge in [0.2, 0.25) is 20.0 Å². The zero-order chi connectivity index (χ0) is 17.1. The average Bonchev–Trinajstić information content (AvgIpc) is 2.47. The highest BCUT2D eigenvalue weighted by molar-refractivity contribution is 7.90. The summed E-state index contributed by atoms with van der Waals surface area (Å²) in [5, 5.41) is 0. The molecule has 1 fully saturated rings. The van der Waals surface area contributed by atoms with Gasteiger partial charge in [0.1, 0.15) is 0 Å². The number of nitrogens with one attached hydrogen (secondary N) is 1. The van der Waals surface area contributed by atoms with E-state index >= 15 is 0 Å². The molecule has 0 radical (unpaired) electrons. The van der Waals surface area contributed by atoms with Crippen LogP contribution in [0.1, 0.15) is 30.4 Å². The van der Waals surface area contributed by atoms with Crippen molar-refractivity contribution in [3.05, 3.63) is 29.3 Å². The van der Waals surface area contributed by atoms with Crippen LogP contribution >= 0.6 is 0 Å². The molecule has 1 aromatic carbocycles. The standard InChI is InChI=1S/C15H24N2O4S2/c1-13-6-7-15(14(2)12-13)23(20,21)16-8-11-22(18,19)17-9-4-3-5-10-17/h6-7,12,16H,3-5,8-11H2,1-2H3. The minimum atomic E-state index is -3.69. The second-order valence-electron chi connectivity index (χ2n) is 5.94. The minimum Gasteiger partial charge on any atom is -0.212 e. The van der Waals surface area contributed by atoms with Crippen molar-refractivity contribution in [2.45, 2.75) is 38.0 Å². The molecule has 0 aromatic heterocycles. The monoisotopic (exact) mass is 360 g/mol. The summed E-state index contributed by atoms with van der Waals surface area (Å²) in [7, 11) is -7.09. The Morgan fingerprint density at radius 1 is 1.04 bits per heavy atom. The van der Waals surface area contributed by atoms with Crippen LogP contribution in [0.5, 0.6) is 0 Å². The summed E-state index contributed by atoms with van der Waals surface area (Å²) in [6, 6.07) is 5.07. The first-order valence-electron chi connectivity index (χ1n) is 7.77. The molecule has 1 saturated heterocycles. The molecule has 0 saturated carbocycles. The van der Waals surface area contributed by atoms with Crippen LogP contribution < -0.4 is 4.72 Å². The first-order chi connectivity index (χ1) is 10.7. The topological polar surface area (TPSA) is 83.5 Å². The van der Waals surface area contributed by atoms with Gasteiger partial charge >= 0.3 is 0 Å². The fourth-order valence-corrected chi connectivity index (χ4v) is 5.57. The molecule has 130 valence electrons. The van der Waals surface area contributed by atoms with Crippen molar-refractivity contribution in [2.75, 3.05) is 25.4 Å². The lowest BCUT2D eigenvalue weighted by atomic mass is 10.2. The van der Waals surface area contributed by atoms with E-state index in [2.05, 4.69) is 4.72 Å². The summed E-state index contributed by atoms with van der Waals surface area (Å²) < 4.78 is 52.9. The molecule has 8 heteroatoms. The number of hydrogen-bond donors (Lipinski definition) is 1. The van der Waals surface area contributed by atoms with Crippen molar-refractivity contribution in [3.8, 4) is 0 Å². The fraction of sp³-hybridized carbons (Fsp3) is 0.600. The number of aryl methyl sites for hydroxylation is 2. The Morgan fingerprint density at radius 3 is 2.30 bits per heavy atom. The fourth-order valence-electron chi connectivity index (χ4n) is 2.76. The maximum Gasteiger partial charge on any atom is 0.240 e. The van der Waals surface area contributed by atoms with Crippen molar-refractivity contribution in [2.24, 2.45) is 0 Å². The van der Waals surface area contributed by atoms with Crippen LogP contribution in [-0.4, -0.2) is 46.5 Å². The molecule has 1 N–H and O–H groups in total. The summed E-state index contributed by atoms with van der Waals surface area (Å²) in [4.78, 5) is 0.193. The Hall–Kier alpha value is -0.960. The maximum absolute atomic E-state index is 12.3. The summed E-state index contributed by atoms with van der Waals surface area (Å²) in [6.07, 6.45) is 2.78. The van der Waals surface area contributed by atoms with Crippen molar-refractivity contribution >= 4 is 20.0 Å². The summed E-state index contributed by atoms with van der Waals surface area (Å²) in [6.45, 7) is 4.57. The Morgan fingerprint density at radius 2 is 1.70 bits per heavy atom. The van der Waals surface area contributed by atoms with Gasteiger partial charge in [0.15, 0.2) is 0 Å². The van der Waals surface area contributed by atoms with Crippen LogP contribution in [0.15, 0.2) is 23.1 Å². The molecule has 0 amide bonds. The highest BCUT2D eigenvalue weighted by Gasteiger charge is 2.24. The quantitative estimate of drug-likeness (QED) is 0.831. The number of rotatable bonds is 6. The predicted octanol–water partition coefficient (Wildman–Crippen LogP) is 1.40. The Labute approximate surface area is 139 Å². The third-order valence-corrected chi connectivity index (χ3v) is 7.47. The highest BCUT2D eigenvalue weighted by Crippen LogP contribution is 2.16. The van der Waals surface area contributed by atoms with Gasteiger partial charge in [0.25, 0.3) is 0 Å². The molecule has 0 spiro atoms. The van der Waals surface area contributed by atoms with Gasteiger partial charge in [-0.05, 0) is 38.3 Å². The zero-order valence-corrected chi connectivity index (χ0v) is 15.2. The Bertz CT molecular complexity index is 752. The van der Waals surface area contributed by atoms with Crippen LogP contribution in [0.2, 0.25) is 0 Å². The number of benzene rings is 1. The summed E-state index contributed by atoms with van der Waals surface area (Å²) in [5.41, 5.74) is 1.63. The third kappa shape index (κ3) is 4.76. The highest BCUT2D eigenvalue weighted by atomic mass is 32.2. The Balaban J connectivity index is 1.99. The smallest absolute Gasteiger partial charge is 0.212 e. The van der Waals surface area contributed by atoms with Crippen molar-refractivity contribution in [3.63, 3.8) is 0 Å². The van der Waals surface area contributed by atoms with Gasteiger partial charge in [-0.3, -0.25) is 0 Å². The first kappa shape index (κ1) is 18.4. The molecular weight excluding hydrogens is 336 g/mol. The van der Waals surface area contributed by atoms with Gasteiger partial charge in [-0.1, -0.05) is 24.1 Å². The SMILES string of the molecule is Cc1ccc(S(=O)(=O)NCCS(=O)(=O)N2CCCCC2)c(C)c1. The molecule has 0 aliphatic carbocycles. The third-order valence-electron chi connectivity index (χ3n) is 3.98. The molecule has 0 atom stereocenters. The molecule has 1 heterocycles. The van der Waals surface area contributed by atoms with E-state index in [4.69, 9.17) is 0 Å². The van der Waals surface area contributed by atoms with Crippen molar-refractivity contribution < 1.29 is 16.8 Å². The molecule has 2 rings (SSSR count). The second kappa shape index (κ2) is 7.29. The van der Waals surface area contributed by atoms with Gasteiger partial charge in [-0.25, -0.2) is 25.9 Å². The van der Waals surface area contributed by atoms with Gasteiger partial charge in [-0.2, -0.15) is 0 Å². The van der Waals surface area contributed by atoms with Crippen LogP contribution in [0.4, 0.5) is 0 Å². The molecule has 0 unspecified atom stereocenters. The van der Waals surface area contributed by atoms with Crippen molar-refractivity contribution in [1.82, 2.24) is 9.03 Å². The maximum atomic E-state index is 12.3. The second-order valence-corrected chi connectivity index (χ2v) is 9.77. The van der Waals surface area contributed by atoms with E-state index in [1.807, 2.05) is 6.92 Å². The van der Waals surface area contributed by atoms with E-state index in [1.165, 1.54) is 4.31 Å². The van der Waals surface area contributed by atoms with Gasteiger partial charge in [0.05, 0.1) is 10.6 Å². The Kier molecular flexibility index (Phi) is 5.83. The normalized spacial score (nSPS) is 17.3. The van der Waals surface area contributed by atoms with Gasteiger partial charge in [0, 0.05) is 19.6 Å². The number of piperidine rings is 1. The van der Waals surface area contributed by atoms with Crippen molar-refractivity contribution in [1.29, 1.82) is 0 Å². The molecule has 23 heavy (non-hydrogen) atoms. The lowest BCUT2D eigenvalue weighted by Gasteiger charge is -2.25. The lowest BCUT2D eigenvalue weighted by Crippen LogP contribution is -2.40. The number of hydrogen-bond acceptors (Lipinski definition) is 4. The summed E-state index contributed by atoms with van der Waals surface area (Å²) >= 11 is 0. The molecule has 1 aromatic rings. The molecule has 1 aliphatic rings. The van der Waals surface area contributed by atoms with E-state index in [0.29, 0.717) is 18.7 Å². The molecule has 6 nitrogen and oxygen atoms in total. The van der Waals surface area contributed by atoms with Gasteiger partial charge in [-0.15, -0.1) is 0 Å². The first-order valence-corrected chi connectivity index (χ1v) is 10.9. The average molecular weight is 361 g/mol. The molecule has 1 aliphatic heterocycles. The van der Waals surface area contributed by atoms with Crippen LogP contribution in [0, 0.1) is 13.8 Å². The van der Waals surface area contributed by atoms with E-state index in [1.54, 1.807) is 25.1 Å². The zero-order valence-electron chi connectivity index (χ0n) is 13.6. The number of nitrogens with zero attached hydrogens (tertiary/aromatic N) is 1. The summed E-state index contributed by atoms with van der Waals surface area (Å²) in [5.74, 6) is -0.211. The van der Waals surface area contributed by atoms with Crippen LogP contribution in [0.25, 0.3) is 0 Å². The molecular formula is C15H24N2O4S2. The van der Waals surface area contributed by atoms with Crippen LogP contribution in [-0.2, 0) is 20.0 Å². The molecule has 0 bridgehead atoms. The van der Waals surface area contributed by atoms with E-state index in [9.17, 15) is 16.8 Å². The predicted molar refractivity (Wildman–Crippen MR) is 90.3 cm³/mol. The van der Waals surface area contributed by atoms with Gasteiger partial charge < -0.3 is 0 Å².